The summed E-state index contributed by atoms with van der Waals surface area (Å²) in [6.07, 6.45) is 0.619. The van der Waals surface area contributed by atoms with Gasteiger partial charge in [0.2, 0.25) is 10.0 Å². The molecule has 0 fully saturated rings. The van der Waals surface area contributed by atoms with Crippen molar-refractivity contribution in [2.75, 3.05) is 25.4 Å². The van der Waals surface area contributed by atoms with E-state index in [4.69, 9.17) is 10.8 Å². The van der Waals surface area contributed by atoms with E-state index in [9.17, 15) is 12.8 Å². The molecular formula is C13H21FN2O3S. The first-order chi connectivity index (χ1) is 9.27. The van der Waals surface area contributed by atoms with Gasteiger partial charge in [-0.05, 0) is 37.5 Å². The summed E-state index contributed by atoms with van der Waals surface area (Å²) in [5.74, 6) is -0.622. The van der Waals surface area contributed by atoms with Crippen molar-refractivity contribution in [1.29, 1.82) is 0 Å². The molecule has 0 bridgehead atoms. The van der Waals surface area contributed by atoms with Crippen molar-refractivity contribution in [3.63, 3.8) is 0 Å². The molecule has 0 saturated heterocycles. The first kappa shape index (κ1) is 16.9. The van der Waals surface area contributed by atoms with Gasteiger partial charge in [0, 0.05) is 13.1 Å². The third kappa shape index (κ3) is 3.11. The van der Waals surface area contributed by atoms with Crippen LogP contribution in [0.3, 0.4) is 0 Å². The summed E-state index contributed by atoms with van der Waals surface area (Å²) in [6, 6.07) is 1.12. The maximum atomic E-state index is 13.5. The molecule has 0 aliphatic carbocycles. The molecular weight excluding hydrogens is 283 g/mol. The van der Waals surface area contributed by atoms with Gasteiger partial charge in [0.25, 0.3) is 0 Å². The van der Waals surface area contributed by atoms with Gasteiger partial charge in [-0.25, -0.2) is 12.8 Å². The maximum Gasteiger partial charge on any atom is 0.243 e. The number of hydrogen-bond donors (Lipinski definition) is 2. The molecule has 3 N–H and O–H groups in total. The lowest BCUT2D eigenvalue weighted by Gasteiger charge is -2.23. The second-order valence-corrected chi connectivity index (χ2v) is 6.55. The fourth-order valence-corrected chi connectivity index (χ4v) is 4.14. The molecule has 0 unspecified atom stereocenters. The van der Waals surface area contributed by atoms with Gasteiger partial charge in [-0.15, -0.1) is 0 Å². The van der Waals surface area contributed by atoms with E-state index < -0.39 is 15.8 Å². The lowest BCUT2D eigenvalue weighted by Crippen LogP contribution is -2.35. The molecule has 20 heavy (non-hydrogen) atoms. The average molecular weight is 304 g/mol. The molecule has 7 heteroatoms. The number of sulfonamides is 1. The maximum absolute atomic E-state index is 13.5. The zero-order chi connectivity index (χ0) is 15.5. The van der Waals surface area contributed by atoms with Crippen LogP contribution in [0.2, 0.25) is 0 Å². The van der Waals surface area contributed by atoms with Crippen LogP contribution in [0.4, 0.5) is 10.1 Å². The molecule has 114 valence electrons. The molecule has 0 saturated carbocycles. The van der Waals surface area contributed by atoms with Gasteiger partial charge in [-0.1, -0.05) is 6.92 Å². The van der Waals surface area contributed by atoms with Crippen molar-refractivity contribution in [3.8, 4) is 0 Å². The highest BCUT2D eigenvalue weighted by Gasteiger charge is 2.28. The molecule has 0 aromatic heterocycles. The quantitative estimate of drug-likeness (QED) is 0.779. The van der Waals surface area contributed by atoms with Crippen LogP contribution < -0.4 is 5.73 Å². The number of nitrogens with two attached hydrogens (primary N) is 1. The lowest BCUT2D eigenvalue weighted by molar-refractivity contribution is 0.253. The number of aryl methyl sites for hydroxylation is 1. The van der Waals surface area contributed by atoms with Crippen LogP contribution >= 0.6 is 0 Å². The van der Waals surface area contributed by atoms with Crippen LogP contribution in [0, 0.1) is 19.7 Å². The number of halogens is 1. The monoisotopic (exact) mass is 304 g/mol. The average Bonchev–Trinajstić information content (AvgIpc) is 2.35. The number of rotatable bonds is 6. The van der Waals surface area contributed by atoms with E-state index in [1.165, 1.54) is 18.2 Å². The Kier molecular flexibility index (Phi) is 5.50. The second kappa shape index (κ2) is 6.51. The number of aliphatic hydroxyl groups excluding tert-OH is 1. The normalized spacial score (nSPS) is 12.1. The molecule has 0 radical (unpaired) electrons. The predicted octanol–water partition coefficient (Wildman–Crippen LogP) is 1.42. The minimum absolute atomic E-state index is 0.00628. The number of nitrogens with zero attached hydrogens (tertiary/aromatic N) is 1. The SMILES string of the molecule is CCCN(CCO)S(=O)(=O)c1c(C)cc(F)c(N)c1C. The van der Waals surface area contributed by atoms with Crippen LogP contribution in [0.25, 0.3) is 0 Å². The molecule has 5 nitrogen and oxygen atoms in total. The van der Waals surface area contributed by atoms with Crippen molar-refractivity contribution in [1.82, 2.24) is 4.31 Å². The Balaban J connectivity index is 3.45. The molecule has 0 spiro atoms. The smallest absolute Gasteiger partial charge is 0.243 e. The number of hydrogen-bond acceptors (Lipinski definition) is 4. The second-order valence-electron chi connectivity index (χ2n) is 4.67. The number of nitrogen functional groups attached to an aromatic ring is 1. The van der Waals surface area contributed by atoms with E-state index in [0.717, 1.165) is 6.07 Å². The van der Waals surface area contributed by atoms with Crippen molar-refractivity contribution in [2.24, 2.45) is 0 Å². The minimum Gasteiger partial charge on any atom is -0.396 e. The topological polar surface area (TPSA) is 83.6 Å². The number of benzene rings is 1. The van der Waals surface area contributed by atoms with E-state index in [2.05, 4.69) is 0 Å². The van der Waals surface area contributed by atoms with Gasteiger partial charge in [-0.2, -0.15) is 4.31 Å². The number of aliphatic hydroxyl groups is 1. The fourth-order valence-electron chi connectivity index (χ4n) is 2.17. The first-order valence-corrected chi connectivity index (χ1v) is 7.87. The first-order valence-electron chi connectivity index (χ1n) is 6.43. The Morgan fingerprint density at radius 1 is 1.35 bits per heavy atom. The van der Waals surface area contributed by atoms with Gasteiger partial charge < -0.3 is 10.8 Å². The Hall–Kier alpha value is -1.18. The standard InChI is InChI=1S/C13H21FN2O3S/c1-4-5-16(6-7-17)20(18,19)13-9(2)8-11(14)12(15)10(13)3/h8,17H,4-7,15H2,1-3H3. The van der Waals surface area contributed by atoms with Crippen LogP contribution in [0.1, 0.15) is 24.5 Å². The van der Waals surface area contributed by atoms with Crippen molar-refractivity contribution < 1.29 is 17.9 Å². The zero-order valence-electron chi connectivity index (χ0n) is 12.0. The van der Waals surface area contributed by atoms with E-state index >= 15 is 0 Å². The van der Waals surface area contributed by atoms with Crippen LogP contribution in [0.15, 0.2) is 11.0 Å². The highest BCUT2D eigenvalue weighted by Crippen LogP contribution is 2.29. The summed E-state index contributed by atoms with van der Waals surface area (Å²) in [5.41, 5.74) is 5.95. The van der Waals surface area contributed by atoms with Crippen LogP contribution in [0.5, 0.6) is 0 Å². The van der Waals surface area contributed by atoms with E-state index in [1.807, 2.05) is 6.92 Å². The van der Waals surface area contributed by atoms with Crippen molar-refractivity contribution >= 4 is 15.7 Å². The third-order valence-corrected chi connectivity index (χ3v) is 5.31. The minimum atomic E-state index is -3.80. The summed E-state index contributed by atoms with van der Waals surface area (Å²) >= 11 is 0. The van der Waals surface area contributed by atoms with E-state index in [0.29, 0.717) is 18.5 Å². The Bertz CT molecular complexity index is 582. The molecule has 0 aliphatic rings. The molecule has 0 heterocycles. The molecule has 0 amide bonds. The van der Waals surface area contributed by atoms with Gasteiger partial charge >= 0.3 is 0 Å². The van der Waals surface area contributed by atoms with Crippen LogP contribution in [-0.2, 0) is 10.0 Å². The van der Waals surface area contributed by atoms with E-state index in [-0.39, 0.29) is 29.3 Å². The summed E-state index contributed by atoms with van der Waals surface area (Å²) in [6.45, 7) is 4.89. The predicted molar refractivity (Wildman–Crippen MR) is 76.4 cm³/mol. The van der Waals surface area contributed by atoms with Gasteiger partial charge in [-0.3, -0.25) is 0 Å². The van der Waals surface area contributed by atoms with Gasteiger partial charge in [0.15, 0.2) is 0 Å². The Morgan fingerprint density at radius 3 is 2.45 bits per heavy atom. The lowest BCUT2D eigenvalue weighted by atomic mass is 10.1. The molecule has 1 rings (SSSR count). The molecule has 0 aliphatic heterocycles. The summed E-state index contributed by atoms with van der Waals surface area (Å²) in [4.78, 5) is 0.0262. The third-order valence-electron chi connectivity index (χ3n) is 3.12. The highest BCUT2D eigenvalue weighted by atomic mass is 32.2. The Morgan fingerprint density at radius 2 is 1.95 bits per heavy atom. The van der Waals surface area contributed by atoms with E-state index in [1.54, 1.807) is 0 Å². The molecule has 0 atom stereocenters. The van der Waals surface area contributed by atoms with Gasteiger partial charge in [0.1, 0.15) is 5.82 Å². The fraction of sp³-hybridized carbons (Fsp3) is 0.538. The summed E-state index contributed by atoms with van der Waals surface area (Å²) < 4.78 is 40.0. The van der Waals surface area contributed by atoms with Crippen LogP contribution in [-0.4, -0.2) is 37.5 Å². The summed E-state index contributed by atoms with van der Waals surface area (Å²) in [5, 5.41) is 9.02. The Labute approximate surface area is 119 Å². The molecule has 1 aromatic carbocycles. The zero-order valence-corrected chi connectivity index (χ0v) is 12.8. The molecule has 1 aromatic rings. The largest absolute Gasteiger partial charge is 0.396 e. The highest BCUT2D eigenvalue weighted by molar-refractivity contribution is 7.89. The van der Waals surface area contributed by atoms with Gasteiger partial charge in [0.05, 0.1) is 17.2 Å². The van der Waals surface area contributed by atoms with Crippen molar-refractivity contribution in [2.45, 2.75) is 32.1 Å². The number of anilines is 1. The summed E-state index contributed by atoms with van der Waals surface area (Å²) in [7, 11) is -3.80. The van der Waals surface area contributed by atoms with Crippen molar-refractivity contribution in [3.05, 3.63) is 23.0 Å².